The molecule has 1 N–H and O–H groups in total. The average molecular weight is 346 g/mol. The van der Waals surface area contributed by atoms with Crippen molar-refractivity contribution in [3.8, 4) is 5.69 Å². The molecule has 7 heteroatoms. The third-order valence-corrected chi connectivity index (χ3v) is 5.61. The van der Waals surface area contributed by atoms with Crippen LogP contribution in [0, 0.1) is 5.92 Å². The minimum absolute atomic E-state index is 0.0891. The summed E-state index contributed by atoms with van der Waals surface area (Å²) in [6, 6.07) is 7.89. The molecule has 2 amide bonds. The number of amides is 2. The maximum atomic E-state index is 12.4. The first-order valence-electron chi connectivity index (χ1n) is 8.07. The molecule has 6 nitrogen and oxygen atoms in total. The van der Waals surface area contributed by atoms with Crippen LogP contribution in [0.5, 0.6) is 0 Å². The number of benzene rings is 1. The smallest absolute Gasteiger partial charge is 0.317 e. The second-order valence-corrected chi connectivity index (χ2v) is 7.78. The van der Waals surface area contributed by atoms with Gasteiger partial charge >= 0.3 is 6.03 Å². The van der Waals surface area contributed by atoms with Crippen molar-refractivity contribution in [2.24, 2.45) is 5.92 Å². The largest absolute Gasteiger partial charge is 0.334 e. The molecular weight excluding hydrogens is 324 g/mol. The van der Waals surface area contributed by atoms with Gasteiger partial charge in [0.1, 0.15) is 0 Å². The number of rotatable bonds is 3. The molecule has 1 saturated heterocycles. The van der Waals surface area contributed by atoms with E-state index in [0.29, 0.717) is 31.1 Å². The molecule has 24 heavy (non-hydrogen) atoms. The number of carbonyl (C=O) groups is 1. The Morgan fingerprint density at radius 2 is 2.33 bits per heavy atom. The minimum Gasteiger partial charge on any atom is -0.334 e. The van der Waals surface area contributed by atoms with Crippen LogP contribution in [0.3, 0.4) is 0 Å². The first-order valence-corrected chi connectivity index (χ1v) is 9.55. The number of carbonyl (C=O) groups excluding carboxylic acids is 1. The second kappa shape index (κ2) is 7.61. The molecule has 2 unspecified atom stereocenters. The van der Waals surface area contributed by atoms with Crippen molar-refractivity contribution in [2.45, 2.75) is 13.5 Å². The Morgan fingerprint density at radius 1 is 1.46 bits per heavy atom. The van der Waals surface area contributed by atoms with Crippen molar-refractivity contribution in [3.63, 3.8) is 0 Å². The maximum Gasteiger partial charge on any atom is 0.317 e. The number of nitrogens with zero attached hydrogens (tertiary/aromatic N) is 3. The van der Waals surface area contributed by atoms with Gasteiger partial charge in [0.25, 0.3) is 0 Å². The Morgan fingerprint density at radius 3 is 3.12 bits per heavy atom. The summed E-state index contributed by atoms with van der Waals surface area (Å²) in [5.41, 5.74) is 2.04. The second-order valence-electron chi connectivity index (χ2n) is 6.16. The SMILES string of the molecule is CC1CN(C(=O)NCc2cccc(-n3ccnc3)c2)CCS(=O)C1. The summed E-state index contributed by atoms with van der Waals surface area (Å²) in [5, 5.41) is 2.97. The van der Waals surface area contributed by atoms with E-state index in [0.717, 1.165) is 11.3 Å². The third kappa shape index (κ3) is 4.23. The fraction of sp³-hybridized carbons (Fsp3) is 0.412. The number of hydrogen-bond donors (Lipinski definition) is 1. The van der Waals surface area contributed by atoms with Gasteiger partial charge in [0, 0.05) is 60.0 Å². The zero-order valence-electron chi connectivity index (χ0n) is 13.7. The predicted molar refractivity (Wildman–Crippen MR) is 94.4 cm³/mol. The molecule has 1 fully saturated rings. The van der Waals surface area contributed by atoms with Crippen LogP contribution in [0.25, 0.3) is 5.69 Å². The number of imidazole rings is 1. The highest BCUT2D eigenvalue weighted by Gasteiger charge is 2.22. The summed E-state index contributed by atoms with van der Waals surface area (Å²) < 4.78 is 13.7. The van der Waals surface area contributed by atoms with Gasteiger partial charge in [-0.05, 0) is 23.6 Å². The number of nitrogens with one attached hydrogen (secondary N) is 1. The third-order valence-electron chi connectivity index (χ3n) is 4.04. The van der Waals surface area contributed by atoms with Crippen molar-refractivity contribution in [1.29, 1.82) is 0 Å². The van der Waals surface area contributed by atoms with Gasteiger partial charge in [0.15, 0.2) is 0 Å². The molecule has 0 radical (unpaired) electrons. The summed E-state index contributed by atoms with van der Waals surface area (Å²) in [7, 11) is -0.815. The van der Waals surface area contributed by atoms with E-state index in [2.05, 4.69) is 10.3 Å². The molecule has 3 rings (SSSR count). The molecule has 1 aromatic heterocycles. The molecule has 2 heterocycles. The molecule has 0 spiro atoms. The Kier molecular flexibility index (Phi) is 5.30. The lowest BCUT2D eigenvalue weighted by Crippen LogP contribution is -2.42. The molecule has 1 aromatic carbocycles. The van der Waals surface area contributed by atoms with Gasteiger partial charge < -0.3 is 14.8 Å². The van der Waals surface area contributed by atoms with Crippen molar-refractivity contribution in [2.75, 3.05) is 24.6 Å². The quantitative estimate of drug-likeness (QED) is 0.921. The highest BCUT2D eigenvalue weighted by atomic mass is 32.2. The van der Waals surface area contributed by atoms with Gasteiger partial charge in [-0.15, -0.1) is 0 Å². The molecule has 0 bridgehead atoms. The number of urea groups is 1. The Balaban J connectivity index is 1.60. The van der Waals surface area contributed by atoms with E-state index in [9.17, 15) is 9.00 Å². The molecule has 2 atom stereocenters. The predicted octanol–water partition coefficient (Wildman–Crippen LogP) is 1.78. The van der Waals surface area contributed by atoms with Crippen LogP contribution in [0.15, 0.2) is 43.0 Å². The summed E-state index contributed by atoms with van der Waals surface area (Å²) in [6.07, 6.45) is 5.37. The lowest BCUT2D eigenvalue weighted by molar-refractivity contribution is 0.195. The normalized spacial score (nSPS) is 21.3. The van der Waals surface area contributed by atoms with Crippen LogP contribution < -0.4 is 5.32 Å². The topological polar surface area (TPSA) is 67.2 Å². The molecule has 1 aliphatic rings. The molecule has 128 valence electrons. The van der Waals surface area contributed by atoms with Crippen molar-refractivity contribution in [3.05, 3.63) is 48.5 Å². The van der Waals surface area contributed by atoms with Gasteiger partial charge in [-0.1, -0.05) is 19.1 Å². The fourth-order valence-corrected chi connectivity index (χ4v) is 4.18. The molecular formula is C17H22N4O2S. The molecule has 1 aliphatic heterocycles. The highest BCUT2D eigenvalue weighted by Crippen LogP contribution is 2.11. The van der Waals surface area contributed by atoms with Gasteiger partial charge in [-0.2, -0.15) is 0 Å². The van der Waals surface area contributed by atoms with E-state index >= 15 is 0 Å². The number of aromatic nitrogens is 2. The van der Waals surface area contributed by atoms with Crippen LogP contribution >= 0.6 is 0 Å². The van der Waals surface area contributed by atoms with Crippen LogP contribution in [-0.4, -0.2) is 49.3 Å². The average Bonchev–Trinajstić information content (AvgIpc) is 3.05. The van der Waals surface area contributed by atoms with E-state index in [1.165, 1.54) is 0 Å². The first-order chi connectivity index (χ1) is 11.6. The van der Waals surface area contributed by atoms with Crippen LogP contribution in [-0.2, 0) is 17.3 Å². The zero-order chi connectivity index (χ0) is 16.9. The van der Waals surface area contributed by atoms with Crippen molar-refractivity contribution < 1.29 is 9.00 Å². The van der Waals surface area contributed by atoms with E-state index in [-0.39, 0.29) is 11.9 Å². The van der Waals surface area contributed by atoms with Crippen LogP contribution in [0.4, 0.5) is 4.79 Å². The fourth-order valence-electron chi connectivity index (χ4n) is 2.85. The first kappa shape index (κ1) is 16.7. The van der Waals surface area contributed by atoms with E-state index in [1.54, 1.807) is 17.4 Å². The molecule has 2 aromatic rings. The summed E-state index contributed by atoms with van der Waals surface area (Å²) in [4.78, 5) is 18.2. The van der Waals surface area contributed by atoms with Crippen LogP contribution in [0.1, 0.15) is 12.5 Å². The monoisotopic (exact) mass is 346 g/mol. The number of hydrogen-bond acceptors (Lipinski definition) is 3. The lowest BCUT2D eigenvalue weighted by Gasteiger charge is -2.22. The van der Waals surface area contributed by atoms with E-state index < -0.39 is 10.8 Å². The summed E-state index contributed by atoms with van der Waals surface area (Å²) >= 11 is 0. The van der Waals surface area contributed by atoms with E-state index in [1.807, 2.05) is 42.0 Å². The Hall–Kier alpha value is -2.15. The van der Waals surface area contributed by atoms with E-state index in [4.69, 9.17) is 0 Å². The van der Waals surface area contributed by atoms with Crippen LogP contribution in [0.2, 0.25) is 0 Å². The van der Waals surface area contributed by atoms with Gasteiger partial charge in [-0.25, -0.2) is 9.78 Å². The van der Waals surface area contributed by atoms with Crippen molar-refractivity contribution in [1.82, 2.24) is 19.8 Å². The zero-order valence-corrected chi connectivity index (χ0v) is 14.5. The molecule has 0 aliphatic carbocycles. The summed E-state index contributed by atoms with van der Waals surface area (Å²) in [5.74, 6) is 1.51. The lowest BCUT2D eigenvalue weighted by atomic mass is 10.2. The minimum atomic E-state index is -0.815. The van der Waals surface area contributed by atoms with Gasteiger partial charge in [0.05, 0.1) is 6.33 Å². The Labute approximate surface area is 144 Å². The molecule has 0 saturated carbocycles. The van der Waals surface area contributed by atoms with Crippen molar-refractivity contribution >= 4 is 16.8 Å². The summed E-state index contributed by atoms with van der Waals surface area (Å²) in [6.45, 7) is 3.72. The van der Waals surface area contributed by atoms with Gasteiger partial charge in [0.2, 0.25) is 0 Å². The Bertz CT molecular complexity index is 717. The maximum absolute atomic E-state index is 12.4. The highest BCUT2D eigenvalue weighted by molar-refractivity contribution is 7.85. The standard InChI is InChI=1S/C17H22N4O2S/c1-14-11-20(7-8-24(23)12-14)17(22)19-10-15-3-2-4-16(9-15)21-6-5-18-13-21/h2-6,9,13-14H,7-8,10-12H2,1H3,(H,19,22). The van der Waals surface area contributed by atoms with Gasteiger partial charge in [-0.3, -0.25) is 4.21 Å².